The first-order chi connectivity index (χ1) is 14.3. The number of epoxide rings is 4. The minimum atomic E-state index is 0.184. The fourth-order valence-corrected chi connectivity index (χ4v) is 4.02. The maximum atomic E-state index is 5.53. The van der Waals surface area contributed by atoms with Gasteiger partial charge >= 0.3 is 0 Å². The van der Waals surface area contributed by atoms with Crippen molar-refractivity contribution in [2.75, 3.05) is 31.3 Å². The first-order valence-corrected chi connectivity index (χ1v) is 10.5. The van der Waals surface area contributed by atoms with Crippen LogP contribution in [0.25, 0.3) is 0 Å². The van der Waals surface area contributed by atoms with Gasteiger partial charge in [-0.1, -0.05) is 30.4 Å². The Morgan fingerprint density at radius 2 is 1.24 bits per heavy atom. The minimum Gasteiger partial charge on any atom is -0.351 e. The number of hydrogen-bond acceptors (Lipinski definition) is 6. The number of ether oxygens (including phenoxy) is 4. The number of nitrogens with zero attached hydrogens (tertiary/aromatic N) is 2. The van der Waals surface area contributed by atoms with Crippen molar-refractivity contribution in [2.45, 2.75) is 44.2 Å². The van der Waals surface area contributed by atoms with E-state index in [9.17, 15) is 0 Å². The molecule has 4 fully saturated rings. The third-order valence-corrected chi connectivity index (χ3v) is 5.84. The molecule has 4 heterocycles. The largest absolute Gasteiger partial charge is 0.351 e. The van der Waals surface area contributed by atoms with Gasteiger partial charge in [0.05, 0.1) is 26.4 Å². The van der Waals surface area contributed by atoms with Gasteiger partial charge in [-0.3, -0.25) is 0 Å². The van der Waals surface area contributed by atoms with Crippen molar-refractivity contribution >= 4 is 5.69 Å². The summed E-state index contributed by atoms with van der Waals surface area (Å²) in [5.41, 5.74) is 5.07. The Balaban J connectivity index is 1.14. The molecule has 0 saturated carbocycles. The van der Waals surface area contributed by atoms with Crippen LogP contribution in [0.15, 0.2) is 59.8 Å². The predicted molar refractivity (Wildman–Crippen MR) is 108 cm³/mol. The first-order valence-electron chi connectivity index (χ1n) is 10.5. The molecule has 1 aromatic rings. The van der Waals surface area contributed by atoms with E-state index in [4.69, 9.17) is 18.9 Å². The van der Waals surface area contributed by atoms with Crippen LogP contribution in [0.5, 0.6) is 0 Å². The van der Waals surface area contributed by atoms with Crippen molar-refractivity contribution in [1.29, 1.82) is 0 Å². The number of allylic oxidation sites excluding steroid dienone is 5. The van der Waals surface area contributed by atoms with E-state index in [1.54, 1.807) is 0 Å². The van der Waals surface area contributed by atoms with Crippen LogP contribution in [0.3, 0.4) is 0 Å². The molecule has 6 rings (SSSR count). The Bertz CT molecular complexity index is 822. The van der Waals surface area contributed by atoms with Gasteiger partial charge in [-0.05, 0) is 48.6 Å². The van der Waals surface area contributed by atoms with Crippen LogP contribution < -0.4 is 4.90 Å². The van der Waals surface area contributed by atoms with E-state index in [-0.39, 0.29) is 24.9 Å². The van der Waals surface area contributed by atoms with Crippen LogP contribution in [0.4, 0.5) is 5.69 Å². The van der Waals surface area contributed by atoms with Crippen LogP contribution in [0, 0.1) is 0 Å². The molecule has 0 spiro atoms. The maximum Gasteiger partial charge on any atom is 0.156 e. The topological polar surface area (TPSA) is 56.6 Å². The Labute approximate surface area is 171 Å². The normalized spacial score (nSPS) is 33.7. The Hall–Kier alpha value is -2.12. The quantitative estimate of drug-likeness (QED) is 0.632. The summed E-state index contributed by atoms with van der Waals surface area (Å²) in [5.74, 6) is 0. The zero-order chi connectivity index (χ0) is 19.2. The highest BCUT2D eigenvalue weighted by atomic mass is 16.6. The monoisotopic (exact) mass is 394 g/mol. The molecule has 1 aromatic carbocycles. The van der Waals surface area contributed by atoms with Gasteiger partial charge in [0.2, 0.25) is 0 Å². The Morgan fingerprint density at radius 1 is 0.690 bits per heavy atom. The molecule has 5 aliphatic rings. The third kappa shape index (κ3) is 4.12. The fourth-order valence-electron chi connectivity index (χ4n) is 4.02. The van der Waals surface area contributed by atoms with Crippen molar-refractivity contribution in [1.82, 2.24) is 4.90 Å². The molecular formula is C23H26N2O4. The van der Waals surface area contributed by atoms with Crippen LogP contribution in [0.2, 0.25) is 0 Å². The van der Waals surface area contributed by atoms with Crippen molar-refractivity contribution in [2.24, 2.45) is 0 Å². The van der Waals surface area contributed by atoms with Gasteiger partial charge in [0.25, 0.3) is 0 Å². The second-order valence-corrected chi connectivity index (χ2v) is 8.13. The van der Waals surface area contributed by atoms with E-state index < -0.39 is 0 Å². The number of rotatable bonds is 8. The van der Waals surface area contributed by atoms with Crippen LogP contribution >= 0.6 is 0 Å². The van der Waals surface area contributed by atoms with Crippen molar-refractivity contribution in [3.8, 4) is 0 Å². The lowest BCUT2D eigenvalue weighted by atomic mass is 10.0. The van der Waals surface area contributed by atoms with Crippen LogP contribution in [-0.2, 0) is 25.4 Å². The maximum absolute atomic E-state index is 5.53. The molecule has 4 aliphatic heterocycles. The molecule has 0 aromatic heterocycles. The molecule has 0 amide bonds. The average Bonchev–Trinajstić information content (AvgIpc) is 3.55. The summed E-state index contributed by atoms with van der Waals surface area (Å²) in [5, 5.41) is 0. The molecular weight excluding hydrogens is 368 g/mol. The highest BCUT2D eigenvalue weighted by molar-refractivity contribution is 5.51. The molecule has 0 radical (unpaired) electrons. The van der Waals surface area contributed by atoms with Gasteiger partial charge in [-0.15, -0.1) is 0 Å². The fraction of sp³-hybridized carbons (Fsp3) is 0.478. The zero-order valence-electron chi connectivity index (χ0n) is 16.4. The third-order valence-electron chi connectivity index (χ3n) is 5.84. The van der Waals surface area contributed by atoms with Gasteiger partial charge in [0, 0.05) is 11.4 Å². The zero-order valence-corrected chi connectivity index (χ0v) is 16.4. The first kappa shape index (κ1) is 17.7. The van der Waals surface area contributed by atoms with E-state index in [0.717, 1.165) is 45.7 Å². The number of hydrogen-bond donors (Lipinski definition) is 0. The summed E-state index contributed by atoms with van der Waals surface area (Å²) in [6.45, 7) is 3.19. The molecule has 152 valence electrons. The van der Waals surface area contributed by atoms with E-state index in [2.05, 4.69) is 58.4 Å². The second kappa shape index (κ2) is 7.29. The summed E-state index contributed by atoms with van der Waals surface area (Å²) >= 11 is 0. The summed E-state index contributed by atoms with van der Waals surface area (Å²) < 4.78 is 22.0. The highest BCUT2D eigenvalue weighted by Gasteiger charge is 2.42. The standard InChI is InChI=1S/C23H26N2O4/c1-2-4-18(24(20-12-26-20)21-13-27-21)8-5-16(3-1)11-17-6-9-19(10-7-17)25(22-14-28-22)23-15-29-23/h3-10,20-23H,1-2,11-15H2/b8-5?,16-3?,18-4+. The van der Waals surface area contributed by atoms with E-state index in [0.29, 0.717) is 0 Å². The van der Waals surface area contributed by atoms with Crippen molar-refractivity contribution in [3.63, 3.8) is 0 Å². The molecule has 4 unspecified atom stereocenters. The summed E-state index contributed by atoms with van der Waals surface area (Å²) in [4.78, 5) is 4.52. The molecule has 1 aliphatic carbocycles. The summed E-state index contributed by atoms with van der Waals surface area (Å²) in [7, 11) is 0. The number of benzene rings is 1. The van der Waals surface area contributed by atoms with Crippen molar-refractivity contribution < 1.29 is 18.9 Å². The smallest absolute Gasteiger partial charge is 0.156 e. The average molecular weight is 394 g/mol. The lowest BCUT2D eigenvalue weighted by molar-refractivity contribution is 0.156. The molecule has 6 nitrogen and oxygen atoms in total. The predicted octanol–water partition coefficient (Wildman–Crippen LogP) is 2.92. The van der Waals surface area contributed by atoms with Crippen molar-refractivity contribution in [3.05, 3.63) is 65.4 Å². The molecule has 0 N–H and O–H groups in total. The van der Waals surface area contributed by atoms with E-state index in [1.165, 1.54) is 22.5 Å². The van der Waals surface area contributed by atoms with Gasteiger partial charge in [0.1, 0.15) is 0 Å². The Morgan fingerprint density at radius 3 is 1.83 bits per heavy atom. The highest BCUT2D eigenvalue weighted by Crippen LogP contribution is 2.33. The summed E-state index contributed by atoms with van der Waals surface area (Å²) in [6.07, 6.45) is 12.9. The van der Waals surface area contributed by atoms with Crippen LogP contribution in [-0.4, -0.2) is 56.2 Å². The minimum absolute atomic E-state index is 0.184. The van der Waals surface area contributed by atoms with Gasteiger partial charge < -0.3 is 28.7 Å². The second-order valence-electron chi connectivity index (χ2n) is 8.13. The van der Waals surface area contributed by atoms with Gasteiger partial charge in [0.15, 0.2) is 24.9 Å². The molecule has 0 bridgehead atoms. The lowest BCUT2D eigenvalue weighted by Gasteiger charge is -2.22. The number of anilines is 1. The van der Waals surface area contributed by atoms with E-state index >= 15 is 0 Å². The van der Waals surface area contributed by atoms with E-state index in [1.807, 2.05) is 0 Å². The van der Waals surface area contributed by atoms with Gasteiger partial charge in [-0.2, -0.15) is 0 Å². The van der Waals surface area contributed by atoms with Gasteiger partial charge in [-0.25, -0.2) is 0 Å². The lowest BCUT2D eigenvalue weighted by Crippen LogP contribution is -2.29. The Kier molecular flexibility index (Phi) is 4.45. The molecule has 6 heteroatoms. The molecule has 29 heavy (non-hydrogen) atoms. The molecule has 4 saturated heterocycles. The SMILES string of the molecule is C1=C/C(N(C2CO2)C2CO2)=C\CCC=C1Cc1ccc(N(C2CO2)C2CO2)cc1. The molecule has 4 atom stereocenters. The van der Waals surface area contributed by atoms with Crippen LogP contribution in [0.1, 0.15) is 18.4 Å². The summed E-state index contributed by atoms with van der Waals surface area (Å²) in [6, 6.07) is 8.82.